The van der Waals surface area contributed by atoms with E-state index in [-0.39, 0.29) is 11.6 Å². The standard InChI is InChI=1S/C21H21NO2/c1-14-11-12-19-18(13-14)16-8-4-5-9-17(16)21(22-19)20(24)10-6-3-7-15(2)23/h4-5,8-9,11-13H,3,6-7,10H2,1-2H3. The molecule has 2 aromatic carbocycles. The molecule has 0 fully saturated rings. The molecule has 3 rings (SSSR count). The lowest BCUT2D eigenvalue weighted by Gasteiger charge is -2.09. The summed E-state index contributed by atoms with van der Waals surface area (Å²) in [5, 5.41) is 3.06. The normalized spacial score (nSPS) is 11.1. The van der Waals surface area contributed by atoms with Crippen LogP contribution in [0.25, 0.3) is 21.7 Å². The number of aryl methyl sites for hydroxylation is 1. The number of fused-ring (bicyclic) bond motifs is 3. The number of hydrogen-bond donors (Lipinski definition) is 0. The summed E-state index contributed by atoms with van der Waals surface area (Å²) in [6, 6.07) is 14.1. The second kappa shape index (κ2) is 6.91. The molecule has 0 unspecified atom stereocenters. The van der Waals surface area contributed by atoms with Crippen molar-refractivity contribution in [2.24, 2.45) is 0 Å². The quantitative estimate of drug-likeness (QED) is 0.364. The van der Waals surface area contributed by atoms with Gasteiger partial charge in [-0.2, -0.15) is 0 Å². The predicted octanol–water partition coefficient (Wildman–Crippen LogP) is 5.03. The second-order valence-corrected chi connectivity index (χ2v) is 6.36. The first kappa shape index (κ1) is 16.3. The minimum absolute atomic E-state index is 0.0530. The fourth-order valence-electron chi connectivity index (χ4n) is 3.06. The van der Waals surface area contributed by atoms with E-state index in [4.69, 9.17) is 0 Å². The lowest BCUT2D eigenvalue weighted by atomic mass is 9.99. The van der Waals surface area contributed by atoms with Crippen molar-refractivity contribution in [1.82, 2.24) is 4.98 Å². The molecule has 3 nitrogen and oxygen atoms in total. The summed E-state index contributed by atoms with van der Waals surface area (Å²) in [6.07, 6.45) is 2.45. The molecule has 0 aliphatic carbocycles. The van der Waals surface area contributed by atoms with Crippen molar-refractivity contribution >= 4 is 33.2 Å². The summed E-state index contributed by atoms with van der Waals surface area (Å²) in [5.74, 6) is 0.226. The third-order valence-electron chi connectivity index (χ3n) is 4.30. The number of benzene rings is 2. The van der Waals surface area contributed by atoms with Crippen molar-refractivity contribution in [2.45, 2.75) is 39.5 Å². The van der Waals surface area contributed by atoms with Crippen molar-refractivity contribution < 1.29 is 9.59 Å². The Bertz CT molecular complexity index is 928. The van der Waals surface area contributed by atoms with Gasteiger partial charge in [-0.25, -0.2) is 4.98 Å². The lowest BCUT2D eigenvalue weighted by molar-refractivity contribution is -0.117. The van der Waals surface area contributed by atoms with E-state index in [1.165, 1.54) is 5.56 Å². The molecule has 0 saturated carbocycles. The molecule has 0 spiro atoms. The Balaban J connectivity index is 1.99. The van der Waals surface area contributed by atoms with Crippen LogP contribution in [-0.2, 0) is 4.79 Å². The van der Waals surface area contributed by atoms with Gasteiger partial charge in [0.05, 0.1) is 5.52 Å². The van der Waals surface area contributed by atoms with Crippen LogP contribution in [0.5, 0.6) is 0 Å². The number of Topliss-reactive ketones (excluding diaryl/α,β-unsaturated/α-hetero) is 2. The molecule has 3 heteroatoms. The van der Waals surface area contributed by atoms with Crippen LogP contribution in [0.4, 0.5) is 0 Å². The molecule has 1 heterocycles. The van der Waals surface area contributed by atoms with Crippen molar-refractivity contribution in [2.75, 3.05) is 0 Å². The number of carbonyl (C=O) groups excluding carboxylic acids is 2. The number of unbranched alkanes of at least 4 members (excludes halogenated alkanes) is 1. The number of aromatic nitrogens is 1. The zero-order valence-corrected chi connectivity index (χ0v) is 14.1. The summed E-state index contributed by atoms with van der Waals surface area (Å²) >= 11 is 0. The number of carbonyl (C=O) groups is 2. The van der Waals surface area contributed by atoms with Crippen LogP contribution in [0.3, 0.4) is 0 Å². The van der Waals surface area contributed by atoms with Crippen molar-refractivity contribution in [3.05, 3.63) is 53.7 Å². The molecule has 0 N–H and O–H groups in total. The molecule has 0 bridgehead atoms. The van der Waals surface area contributed by atoms with E-state index in [0.29, 0.717) is 18.5 Å². The van der Waals surface area contributed by atoms with E-state index in [2.05, 4.69) is 18.0 Å². The molecule has 0 aliphatic heterocycles. The maximum atomic E-state index is 12.7. The van der Waals surface area contributed by atoms with Crippen molar-refractivity contribution in [3.63, 3.8) is 0 Å². The van der Waals surface area contributed by atoms with E-state index in [1.807, 2.05) is 36.4 Å². The van der Waals surface area contributed by atoms with Gasteiger partial charge in [-0.3, -0.25) is 4.79 Å². The van der Waals surface area contributed by atoms with E-state index in [0.717, 1.165) is 34.5 Å². The zero-order valence-electron chi connectivity index (χ0n) is 14.1. The maximum Gasteiger partial charge on any atom is 0.181 e. The van der Waals surface area contributed by atoms with Gasteiger partial charge < -0.3 is 4.79 Å². The molecule has 0 atom stereocenters. The third-order valence-corrected chi connectivity index (χ3v) is 4.30. The highest BCUT2D eigenvalue weighted by atomic mass is 16.1. The van der Waals surface area contributed by atoms with Gasteiger partial charge in [0.25, 0.3) is 0 Å². The smallest absolute Gasteiger partial charge is 0.181 e. The Morgan fingerprint density at radius 1 is 0.917 bits per heavy atom. The van der Waals surface area contributed by atoms with E-state index >= 15 is 0 Å². The minimum atomic E-state index is 0.0530. The molecule has 3 aromatic rings. The fraction of sp³-hybridized carbons (Fsp3) is 0.286. The SMILES string of the molecule is CC(=O)CCCCC(=O)c1nc2ccc(C)cc2c2ccccc12. The molecule has 122 valence electrons. The topological polar surface area (TPSA) is 47.0 Å². The molecule has 24 heavy (non-hydrogen) atoms. The number of ketones is 2. The summed E-state index contributed by atoms with van der Waals surface area (Å²) < 4.78 is 0. The van der Waals surface area contributed by atoms with Crippen LogP contribution >= 0.6 is 0 Å². The van der Waals surface area contributed by atoms with Crippen molar-refractivity contribution in [1.29, 1.82) is 0 Å². The number of pyridine rings is 1. The zero-order chi connectivity index (χ0) is 17.1. The van der Waals surface area contributed by atoms with Gasteiger partial charge in [0.15, 0.2) is 5.78 Å². The van der Waals surface area contributed by atoms with Gasteiger partial charge in [-0.15, -0.1) is 0 Å². The highest BCUT2D eigenvalue weighted by Gasteiger charge is 2.14. The van der Waals surface area contributed by atoms with Crippen LogP contribution < -0.4 is 0 Å². The molecule has 0 radical (unpaired) electrons. The molecule has 0 aliphatic rings. The Labute approximate surface area is 141 Å². The van der Waals surface area contributed by atoms with Crippen LogP contribution in [0.2, 0.25) is 0 Å². The maximum absolute atomic E-state index is 12.7. The Kier molecular flexibility index (Phi) is 4.70. The summed E-state index contributed by atoms with van der Waals surface area (Å²) in [5.41, 5.74) is 2.58. The van der Waals surface area contributed by atoms with Gasteiger partial charge in [-0.05, 0) is 44.2 Å². The van der Waals surface area contributed by atoms with Gasteiger partial charge in [-0.1, -0.05) is 35.9 Å². The minimum Gasteiger partial charge on any atom is -0.300 e. The van der Waals surface area contributed by atoms with E-state index in [9.17, 15) is 9.59 Å². The average Bonchev–Trinajstić information content (AvgIpc) is 2.58. The van der Waals surface area contributed by atoms with Gasteiger partial charge >= 0.3 is 0 Å². The monoisotopic (exact) mass is 319 g/mol. The third kappa shape index (κ3) is 3.35. The van der Waals surface area contributed by atoms with Crippen LogP contribution in [0, 0.1) is 6.92 Å². The Hall–Kier alpha value is -2.55. The largest absolute Gasteiger partial charge is 0.300 e. The second-order valence-electron chi connectivity index (χ2n) is 6.36. The van der Waals surface area contributed by atoms with Gasteiger partial charge in [0.2, 0.25) is 0 Å². The first-order chi connectivity index (χ1) is 11.6. The average molecular weight is 319 g/mol. The Morgan fingerprint density at radius 3 is 2.38 bits per heavy atom. The molecule has 0 saturated heterocycles. The highest BCUT2D eigenvalue weighted by molar-refractivity contribution is 6.14. The molecule has 0 amide bonds. The Morgan fingerprint density at radius 2 is 1.62 bits per heavy atom. The fourth-order valence-corrected chi connectivity index (χ4v) is 3.06. The predicted molar refractivity (Wildman–Crippen MR) is 97.5 cm³/mol. The number of rotatable bonds is 6. The van der Waals surface area contributed by atoms with E-state index in [1.54, 1.807) is 6.92 Å². The summed E-state index contributed by atoms with van der Waals surface area (Å²) in [4.78, 5) is 28.3. The lowest BCUT2D eigenvalue weighted by Crippen LogP contribution is -2.04. The number of nitrogens with zero attached hydrogens (tertiary/aromatic N) is 1. The highest BCUT2D eigenvalue weighted by Crippen LogP contribution is 2.28. The molecular weight excluding hydrogens is 298 g/mol. The van der Waals surface area contributed by atoms with Crippen LogP contribution in [0.15, 0.2) is 42.5 Å². The first-order valence-electron chi connectivity index (χ1n) is 8.38. The van der Waals surface area contributed by atoms with Crippen molar-refractivity contribution in [3.8, 4) is 0 Å². The van der Waals surface area contributed by atoms with Crippen LogP contribution in [-0.4, -0.2) is 16.6 Å². The van der Waals surface area contributed by atoms with E-state index < -0.39 is 0 Å². The summed E-state index contributed by atoms with van der Waals surface area (Å²) in [6.45, 7) is 3.64. The first-order valence-corrected chi connectivity index (χ1v) is 8.38. The summed E-state index contributed by atoms with van der Waals surface area (Å²) in [7, 11) is 0. The number of hydrogen-bond acceptors (Lipinski definition) is 3. The van der Waals surface area contributed by atoms with Gasteiger partial charge in [0, 0.05) is 23.6 Å². The van der Waals surface area contributed by atoms with Crippen LogP contribution in [0.1, 0.15) is 48.7 Å². The molecule has 1 aromatic heterocycles. The molecular formula is C21H21NO2. The van der Waals surface area contributed by atoms with Gasteiger partial charge in [0.1, 0.15) is 11.5 Å².